The van der Waals surface area contributed by atoms with Crippen LogP contribution in [0.4, 0.5) is 0 Å². The number of amides is 1. The fourth-order valence-corrected chi connectivity index (χ4v) is 2.95. The van der Waals surface area contributed by atoms with E-state index in [1.54, 1.807) is 7.05 Å². The molecule has 0 bridgehead atoms. The van der Waals surface area contributed by atoms with Gasteiger partial charge in [-0.3, -0.25) is 9.69 Å². The van der Waals surface area contributed by atoms with Crippen molar-refractivity contribution >= 4 is 5.91 Å². The molecule has 0 saturated carbocycles. The number of nitrogens with one attached hydrogen (secondary N) is 1. The van der Waals surface area contributed by atoms with Gasteiger partial charge in [0.2, 0.25) is 5.89 Å². The average molecular weight is 300 g/mol. The second-order valence-electron chi connectivity index (χ2n) is 5.58. The first-order valence-electron chi connectivity index (χ1n) is 7.52. The van der Waals surface area contributed by atoms with Crippen LogP contribution in [0.15, 0.2) is 28.8 Å². The molecule has 1 aliphatic heterocycles. The third kappa shape index (κ3) is 3.01. The van der Waals surface area contributed by atoms with Crippen LogP contribution in [0.1, 0.15) is 46.5 Å². The smallest absolute Gasteiger partial charge is 0.251 e. The lowest BCUT2D eigenvalue weighted by atomic mass is 10.1. The van der Waals surface area contributed by atoms with Gasteiger partial charge < -0.3 is 9.84 Å². The number of carbonyl (C=O) groups is 1. The molecule has 116 valence electrons. The number of benzene rings is 1. The summed E-state index contributed by atoms with van der Waals surface area (Å²) in [5, 5.41) is 6.71. The van der Waals surface area contributed by atoms with E-state index < -0.39 is 0 Å². The maximum absolute atomic E-state index is 11.7. The van der Waals surface area contributed by atoms with Crippen LogP contribution >= 0.6 is 0 Å². The summed E-state index contributed by atoms with van der Waals surface area (Å²) in [5.41, 5.74) is 1.80. The van der Waals surface area contributed by atoms with E-state index in [2.05, 4.69) is 20.4 Å². The Morgan fingerprint density at radius 2 is 2.36 bits per heavy atom. The summed E-state index contributed by atoms with van der Waals surface area (Å²) in [7, 11) is 1.64. The minimum Gasteiger partial charge on any atom is -0.355 e. The van der Waals surface area contributed by atoms with Gasteiger partial charge in [0.25, 0.3) is 5.91 Å². The quantitative estimate of drug-likeness (QED) is 0.936. The van der Waals surface area contributed by atoms with E-state index in [4.69, 9.17) is 4.52 Å². The van der Waals surface area contributed by atoms with Crippen molar-refractivity contribution in [1.29, 1.82) is 0 Å². The number of likely N-dealkylation sites (tertiary alicyclic amines) is 1. The third-order valence-corrected chi connectivity index (χ3v) is 4.01. The van der Waals surface area contributed by atoms with Crippen molar-refractivity contribution in [2.75, 3.05) is 13.6 Å². The number of aromatic nitrogens is 2. The lowest BCUT2D eigenvalue weighted by Gasteiger charge is -2.22. The Morgan fingerprint density at radius 3 is 3.09 bits per heavy atom. The van der Waals surface area contributed by atoms with Gasteiger partial charge in [-0.2, -0.15) is 4.98 Å². The summed E-state index contributed by atoms with van der Waals surface area (Å²) in [4.78, 5) is 18.4. The predicted molar refractivity (Wildman–Crippen MR) is 81.3 cm³/mol. The zero-order valence-corrected chi connectivity index (χ0v) is 12.9. The fourth-order valence-electron chi connectivity index (χ4n) is 2.95. The summed E-state index contributed by atoms with van der Waals surface area (Å²) in [5.74, 6) is 1.30. The Bertz CT molecular complexity index is 668. The van der Waals surface area contributed by atoms with Crippen molar-refractivity contribution < 1.29 is 9.32 Å². The molecule has 0 spiro atoms. The molecular formula is C16H20N4O2. The molecule has 1 amide bonds. The molecule has 2 heterocycles. The molecule has 0 aliphatic carbocycles. The van der Waals surface area contributed by atoms with E-state index in [1.807, 2.05) is 31.2 Å². The van der Waals surface area contributed by atoms with Gasteiger partial charge in [0, 0.05) is 26.1 Å². The minimum absolute atomic E-state index is 0.0615. The van der Waals surface area contributed by atoms with E-state index >= 15 is 0 Å². The molecule has 1 fully saturated rings. The van der Waals surface area contributed by atoms with E-state index in [0.29, 0.717) is 11.5 Å². The Balaban J connectivity index is 1.76. The van der Waals surface area contributed by atoms with Gasteiger partial charge in [-0.15, -0.1) is 0 Å². The molecule has 0 radical (unpaired) electrons. The van der Waals surface area contributed by atoms with Crippen LogP contribution in [-0.2, 0) is 6.54 Å². The number of aryl methyl sites for hydroxylation is 1. The molecule has 6 heteroatoms. The summed E-state index contributed by atoms with van der Waals surface area (Å²) in [6.07, 6.45) is 2.15. The van der Waals surface area contributed by atoms with E-state index in [0.717, 1.165) is 37.3 Å². The zero-order valence-electron chi connectivity index (χ0n) is 12.9. The molecular weight excluding hydrogens is 280 g/mol. The number of rotatable bonds is 4. The van der Waals surface area contributed by atoms with E-state index in [9.17, 15) is 4.79 Å². The normalized spacial score (nSPS) is 18.5. The van der Waals surface area contributed by atoms with Crippen LogP contribution in [0, 0.1) is 6.92 Å². The standard InChI is InChI=1S/C16H20N4O2/c1-11-18-15(19-22-11)14-7-4-8-20(14)10-12-5-3-6-13(9-12)16(21)17-2/h3,5-6,9,14H,4,7-8,10H2,1-2H3,(H,17,21)/t14-/m1/s1. The summed E-state index contributed by atoms with van der Waals surface area (Å²) in [6.45, 7) is 3.59. The Labute approximate surface area is 129 Å². The molecule has 1 N–H and O–H groups in total. The van der Waals surface area contributed by atoms with Crippen LogP contribution in [0.2, 0.25) is 0 Å². The molecule has 6 nitrogen and oxygen atoms in total. The topological polar surface area (TPSA) is 71.3 Å². The first kappa shape index (κ1) is 14.7. The first-order chi connectivity index (χ1) is 10.7. The highest BCUT2D eigenvalue weighted by Crippen LogP contribution is 2.31. The van der Waals surface area contributed by atoms with Crippen LogP contribution in [0.25, 0.3) is 0 Å². The van der Waals surface area contributed by atoms with Crippen molar-refractivity contribution in [1.82, 2.24) is 20.4 Å². The molecule has 1 saturated heterocycles. The lowest BCUT2D eigenvalue weighted by molar-refractivity contribution is 0.0963. The number of carbonyl (C=O) groups excluding carboxylic acids is 1. The lowest BCUT2D eigenvalue weighted by Crippen LogP contribution is -2.24. The molecule has 1 aliphatic rings. The third-order valence-electron chi connectivity index (χ3n) is 4.01. The Hall–Kier alpha value is -2.21. The summed E-state index contributed by atoms with van der Waals surface area (Å²) < 4.78 is 5.10. The van der Waals surface area contributed by atoms with Crippen molar-refractivity contribution in [3.63, 3.8) is 0 Å². The maximum Gasteiger partial charge on any atom is 0.251 e. The molecule has 3 rings (SSSR count). The van der Waals surface area contributed by atoms with Gasteiger partial charge in [0.1, 0.15) is 0 Å². The van der Waals surface area contributed by atoms with E-state index in [1.165, 1.54) is 0 Å². The second-order valence-corrected chi connectivity index (χ2v) is 5.58. The van der Waals surface area contributed by atoms with Crippen LogP contribution in [0.3, 0.4) is 0 Å². The van der Waals surface area contributed by atoms with Gasteiger partial charge in [-0.1, -0.05) is 17.3 Å². The summed E-state index contributed by atoms with van der Waals surface area (Å²) >= 11 is 0. The van der Waals surface area contributed by atoms with Crippen molar-refractivity contribution in [3.05, 3.63) is 47.1 Å². The SMILES string of the molecule is CNC(=O)c1cccc(CN2CCC[C@@H]2c2noc(C)n2)c1. The van der Waals surface area contributed by atoms with Crippen LogP contribution < -0.4 is 5.32 Å². The van der Waals surface area contributed by atoms with Crippen LogP contribution in [-0.4, -0.2) is 34.5 Å². The minimum atomic E-state index is -0.0615. The van der Waals surface area contributed by atoms with Gasteiger partial charge in [0.05, 0.1) is 6.04 Å². The number of hydrogen-bond donors (Lipinski definition) is 1. The van der Waals surface area contributed by atoms with Crippen LogP contribution in [0.5, 0.6) is 0 Å². The van der Waals surface area contributed by atoms with E-state index in [-0.39, 0.29) is 11.9 Å². The highest BCUT2D eigenvalue weighted by atomic mass is 16.5. The molecule has 1 aromatic heterocycles. The Kier molecular flexibility index (Phi) is 4.20. The molecule has 0 unspecified atom stereocenters. The molecule has 1 aromatic carbocycles. The second kappa shape index (κ2) is 6.27. The highest BCUT2D eigenvalue weighted by Gasteiger charge is 2.29. The first-order valence-corrected chi connectivity index (χ1v) is 7.52. The zero-order chi connectivity index (χ0) is 15.5. The van der Waals surface area contributed by atoms with Gasteiger partial charge in [-0.05, 0) is 37.1 Å². The van der Waals surface area contributed by atoms with Crippen molar-refractivity contribution in [2.24, 2.45) is 0 Å². The van der Waals surface area contributed by atoms with Gasteiger partial charge in [0.15, 0.2) is 5.82 Å². The maximum atomic E-state index is 11.7. The molecule has 2 aromatic rings. The average Bonchev–Trinajstić information content (AvgIpc) is 3.15. The largest absolute Gasteiger partial charge is 0.355 e. The van der Waals surface area contributed by atoms with Crippen molar-refractivity contribution in [3.8, 4) is 0 Å². The fraction of sp³-hybridized carbons (Fsp3) is 0.438. The monoisotopic (exact) mass is 300 g/mol. The predicted octanol–water partition coefficient (Wildman–Crippen LogP) is 2.07. The molecule has 22 heavy (non-hydrogen) atoms. The van der Waals surface area contributed by atoms with Crippen molar-refractivity contribution in [2.45, 2.75) is 32.4 Å². The summed E-state index contributed by atoms with van der Waals surface area (Å²) in [6, 6.07) is 7.93. The molecule has 1 atom stereocenters. The number of nitrogens with zero attached hydrogens (tertiary/aromatic N) is 3. The van der Waals surface area contributed by atoms with Gasteiger partial charge in [-0.25, -0.2) is 0 Å². The number of hydrogen-bond acceptors (Lipinski definition) is 5. The van der Waals surface area contributed by atoms with Gasteiger partial charge >= 0.3 is 0 Å². The highest BCUT2D eigenvalue weighted by molar-refractivity contribution is 5.94. The Morgan fingerprint density at radius 1 is 1.50 bits per heavy atom.